The summed E-state index contributed by atoms with van der Waals surface area (Å²) in [4.78, 5) is 15.0. The molecule has 1 N–H and O–H groups in total. The lowest BCUT2D eigenvalue weighted by Gasteiger charge is -2.45. The van der Waals surface area contributed by atoms with Crippen LogP contribution in [0.4, 0.5) is 5.69 Å². The average Bonchev–Trinajstić information content (AvgIpc) is 2.71. The lowest BCUT2D eigenvalue weighted by Crippen LogP contribution is -2.45. The largest absolute Gasteiger partial charge is 0.369 e. The molecular weight excluding hydrogens is 358 g/mol. The summed E-state index contributed by atoms with van der Waals surface area (Å²) < 4.78 is 0. The molecule has 1 heterocycles. The molecule has 4 heteroatoms. The molecule has 0 radical (unpaired) electrons. The molecule has 0 bridgehead atoms. The van der Waals surface area contributed by atoms with Crippen LogP contribution >= 0.6 is 0 Å². The van der Waals surface area contributed by atoms with Crippen LogP contribution < -0.4 is 10.3 Å². The Hall–Kier alpha value is -3.14. The minimum Gasteiger partial charge on any atom is -0.369 e. The zero-order valence-corrected chi connectivity index (χ0v) is 17.4. The fraction of sp³-hybridized carbons (Fsp3) is 0.280. The fourth-order valence-electron chi connectivity index (χ4n) is 4.32. The Morgan fingerprint density at radius 1 is 1.14 bits per heavy atom. The van der Waals surface area contributed by atoms with Gasteiger partial charge in [-0.2, -0.15) is 5.10 Å². The number of hydrogen-bond acceptors (Lipinski definition) is 3. The number of rotatable bonds is 3. The fourth-order valence-corrected chi connectivity index (χ4v) is 4.32. The predicted molar refractivity (Wildman–Crippen MR) is 121 cm³/mol. The molecule has 0 unspecified atom stereocenters. The maximum absolute atomic E-state index is 12.6. The van der Waals surface area contributed by atoms with Crippen LogP contribution in [0, 0.1) is 0 Å². The average molecular weight is 386 g/mol. The van der Waals surface area contributed by atoms with E-state index in [-0.39, 0.29) is 11.4 Å². The quantitative estimate of drug-likeness (QED) is 0.489. The van der Waals surface area contributed by atoms with Gasteiger partial charge in [-0.3, -0.25) is 4.79 Å². The number of hydrazone groups is 1. The van der Waals surface area contributed by atoms with Crippen LogP contribution in [0.1, 0.15) is 54.6 Å². The Morgan fingerprint density at radius 2 is 1.90 bits per heavy atom. The van der Waals surface area contributed by atoms with Crippen LogP contribution in [-0.4, -0.2) is 24.7 Å². The van der Waals surface area contributed by atoms with E-state index in [2.05, 4.69) is 61.4 Å². The van der Waals surface area contributed by atoms with Gasteiger partial charge in [0.05, 0.1) is 6.21 Å². The molecule has 0 saturated heterocycles. The molecule has 1 atom stereocenters. The summed E-state index contributed by atoms with van der Waals surface area (Å²) in [6.45, 7) is 6.84. The second kappa shape index (κ2) is 7.36. The summed E-state index contributed by atoms with van der Waals surface area (Å²) in [5, 5.41) is 6.18. The van der Waals surface area contributed by atoms with Crippen LogP contribution in [0.5, 0.6) is 0 Å². The topological polar surface area (TPSA) is 44.7 Å². The van der Waals surface area contributed by atoms with E-state index in [0.717, 1.165) is 22.8 Å². The number of nitrogens with zero attached hydrogens (tertiary/aromatic N) is 2. The van der Waals surface area contributed by atoms with Crippen molar-refractivity contribution in [3.05, 3.63) is 77.4 Å². The number of amides is 1. The highest BCUT2D eigenvalue weighted by Gasteiger charge is 2.33. The van der Waals surface area contributed by atoms with Crippen LogP contribution in [0.25, 0.3) is 10.8 Å². The maximum atomic E-state index is 12.6. The van der Waals surface area contributed by atoms with Crippen molar-refractivity contribution in [1.82, 2.24) is 5.43 Å². The Bertz CT molecular complexity index is 1090. The summed E-state index contributed by atoms with van der Waals surface area (Å²) in [5.41, 5.74) is 7.03. The third kappa shape index (κ3) is 3.63. The van der Waals surface area contributed by atoms with Crippen molar-refractivity contribution in [2.75, 3.05) is 11.9 Å². The molecule has 0 fully saturated rings. The van der Waals surface area contributed by atoms with Gasteiger partial charge in [0.2, 0.25) is 0 Å². The van der Waals surface area contributed by atoms with Gasteiger partial charge in [0.15, 0.2) is 0 Å². The molecule has 29 heavy (non-hydrogen) atoms. The van der Waals surface area contributed by atoms with Crippen molar-refractivity contribution < 1.29 is 4.79 Å². The summed E-state index contributed by atoms with van der Waals surface area (Å²) in [6, 6.07) is 20.0. The van der Waals surface area contributed by atoms with E-state index in [1.165, 1.54) is 11.3 Å². The highest BCUT2D eigenvalue weighted by Crippen LogP contribution is 2.42. The first-order valence-corrected chi connectivity index (χ1v) is 10.1. The second-order valence-corrected chi connectivity index (χ2v) is 8.52. The molecule has 1 aliphatic heterocycles. The zero-order chi connectivity index (χ0) is 20.6. The maximum Gasteiger partial charge on any atom is 0.271 e. The summed E-state index contributed by atoms with van der Waals surface area (Å²) in [5.74, 6) is 0.278. The number of nitrogens with one attached hydrogen (secondary N) is 1. The van der Waals surface area contributed by atoms with Gasteiger partial charge in [0.25, 0.3) is 5.91 Å². The normalized spacial score (nSPS) is 18.1. The van der Waals surface area contributed by atoms with E-state index in [4.69, 9.17) is 0 Å². The van der Waals surface area contributed by atoms with Crippen LogP contribution in [0.2, 0.25) is 0 Å². The van der Waals surface area contributed by atoms with E-state index < -0.39 is 0 Å². The van der Waals surface area contributed by atoms with Gasteiger partial charge < -0.3 is 4.90 Å². The highest BCUT2D eigenvalue weighted by atomic mass is 16.2. The number of benzene rings is 3. The molecule has 0 saturated carbocycles. The van der Waals surface area contributed by atoms with Gasteiger partial charge in [-0.05, 0) is 66.3 Å². The van der Waals surface area contributed by atoms with Crippen molar-refractivity contribution in [3.63, 3.8) is 0 Å². The SMILES string of the molecule is C[C@@H]1CC(C)(C)N(C)c2ccc(/C=N\NC(=O)c3cccc4ccccc34)cc21. The molecule has 0 aliphatic carbocycles. The Labute approximate surface area is 172 Å². The first-order chi connectivity index (χ1) is 13.9. The van der Waals surface area contributed by atoms with E-state index in [0.29, 0.717) is 11.5 Å². The molecule has 3 aromatic carbocycles. The molecule has 1 amide bonds. The Kier molecular flexibility index (Phi) is 4.87. The molecule has 148 valence electrons. The Morgan fingerprint density at radius 3 is 2.72 bits per heavy atom. The Balaban J connectivity index is 1.53. The lowest BCUT2D eigenvalue weighted by molar-refractivity contribution is 0.0957. The molecule has 4 nitrogen and oxygen atoms in total. The standard InChI is InChI=1S/C25H27N3O/c1-17-15-25(2,3)28(4)23-13-12-18(14-22(17)23)16-26-27-24(29)21-11-7-9-19-8-5-6-10-20(19)21/h5-14,16-17H,15H2,1-4H3,(H,27,29)/b26-16-/t17-/m1/s1. The molecular formula is C25H27N3O. The van der Waals surface area contributed by atoms with Gasteiger partial charge in [-0.1, -0.05) is 49.4 Å². The van der Waals surface area contributed by atoms with Crippen LogP contribution in [0.3, 0.4) is 0 Å². The van der Waals surface area contributed by atoms with Crippen LogP contribution in [-0.2, 0) is 0 Å². The van der Waals surface area contributed by atoms with E-state index in [9.17, 15) is 4.79 Å². The predicted octanol–water partition coefficient (Wildman–Crippen LogP) is 5.33. The van der Waals surface area contributed by atoms with Crippen molar-refractivity contribution in [1.29, 1.82) is 0 Å². The zero-order valence-electron chi connectivity index (χ0n) is 17.4. The van der Waals surface area contributed by atoms with Crippen molar-refractivity contribution in [2.45, 2.75) is 38.6 Å². The van der Waals surface area contributed by atoms with Gasteiger partial charge >= 0.3 is 0 Å². The van der Waals surface area contributed by atoms with E-state index in [1.807, 2.05) is 42.5 Å². The lowest BCUT2D eigenvalue weighted by atomic mass is 9.80. The number of carbonyl (C=O) groups excluding carboxylic acids is 1. The van der Waals surface area contributed by atoms with Crippen molar-refractivity contribution in [3.8, 4) is 0 Å². The molecule has 0 aromatic heterocycles. The highest BCUT2D eigenvalue weighted by molar-refractivity contribution is 6.07. The third-order valence-electron chi connectivity index (χ3n) is 6.07. The second-order valence-electron chi connectivity index (χ2n) is 8.52. The van der Waals surface area contributed by atoms with Crippen molar-refractivity contribution >= 4 is 28.6 Å². The van der Waals surface area contributed by atoms with Crippen LogP contribution in [0.15, 0.2) is 65.8 Å². The first-order valence-electron chi connectivity index (χ1n) is 10.1. The van der Waals surface area contributed by atoms with Crippen molar-refractivity contribution in [2.24, 2.45) is 5.10 Å². The van der Waals surface area contributed by atoms with Gasteiger partial charge in [-0.25, -0.2) is 5.43 Å². The summed E-state index contributed by atoms with van der Waals surface area (Å²) in [6.07, 6.45) is 2.82. The molecule has 3 aromatic rings. The molecule has 1 aliphatic rings. The smallest absolute Gasteiger partial charge is 0.271 e. The molecule has 0 spiro atoms. The minimum absolute atomic E-state index is 0.147. The van der Waals surface area contributed by atoms with E-state index >= 15 is 0 Å². The number of fused-ring (bicyclic) bond motifs is 2. The monoisotopic (exact) mass is 385 g/mol. The summed E-state index contributed by atoms with van der Waals surface area (Å²) in [7, 11) is 2.16. The van der Waals surface area contributed by atoms with Gasteiger partial charge in [0.1, 0.15) is 0 Å². The number of carbonyl (C=O) groups is 1. The number of anilines is 1. The minimum atomic E-state index is -0.203. The third-order valence-corrected chi connectivity index (χ3v) is 6.07. The summed E-state index contributed by atoms with van der Waals surface area (Å²) >= 11 is 0. The first kappa shape index (κ1) is 19.2. The molecule has 4 rings (SSSR count). The van der Waals surface area contributed by atoms with Gasteiger partial charge in [-0.15, -0.1) is 0 Å². The number of hydrogen-bond donors (Lipinski definition) is 1. The van der Waals surface area contributed by atoms with Gasteiger partial charge in [0, 0.05) is 23.8 Å². The van der Waals surface area contributed by atoms with E-state index in [1.54, 1.807) is 6.21 Å².